The fourth-order valence-electron chi connectivity index (χ4n) is 5.13. The van der Waals surface area contributed by atoms with Crippen LogP contribution >= 0.6 is 0 Å². The summed E-state index contributed by atoms with van der Waals surface area (Å²) in [7, 11) is 0. The highest BCUT2D eigenvalue weighted by molar-refractivity contribution is 5.83. The second-order valence-electron chi connectivity index (χ2n) is 11.3. The molecule has 1 aliphatic heterocycles. The molecule has 1 amide bonds. The van der Waals surface area contributed by atoms with Crippen molar-refractivity contribution < 1.29 is 24.2 Å². The Kier molecular flexibility index (Phi) is 8.63. The van der Waals surface area contributed by atoms with Gasteiger partial charge < -0.3 is 19.5 Å². The fraction of sp³-hybridized carbons (Fsp3) is 0.394. The molecule has 6 nitrogen and oxygen atoms in total. The number of carbonyl (C=O) groups excluding carboxylic acids is 1. The average molecular weight is 530 g/mol. The van der Waals surface area contributed by atoms with Gasteiger partial charge in [0.1, 0.15) is 23.6 Å². The first-order valence-corrected chi connectivity index (χ1v) is 13.6. The minimum atomic E-state index is -1.05. The van der Waals surface area contributed by atoms with Crippen LogP contribution < -0.4 is 9.47 Å². The Labute approximate surface area is 231 Å². The Hall–Kier alpha value is -3.80. The van der Waals surface area contributed by atoms with Crippen LogP contribution in [0.5, 0.6) is 11.5 Å². The quantitative estimate of drug-likeness (QED) is 0.321. The highest BCUT2D eigenvalue weighted by atomic mass is 16.5. The van der Waals surface area contributed by atoms with E-state index in [0.29, 0.717) is 11.7 Å². The van der Waals surface area contributed by atoms with Crippen molar-refractivity contribution in [2.24, 2.45) is 0 Å². The van der Waals surface area contributed by atoms with Crippen LogP contribution in [0, 0.1) is 0 Å². The van der Waals surface area contributed by atoms with E-state index >= 15 is 0 Å². The van der Waals surface area contributed by atoms with Crippen LogP contribution in [0.4, 0.5) is 0 Å². The van der Waals surface area contributed by atoms with Gasteiger partial charge in [0.25, 0.3) is 0 Å². The molecule has 3 aromatic rings. The van der Waals surface area contributed by atoms with Crippen molar-refractivity contribution in [3.63, 3.8) is 0 Å². The van der Waals surface area contributed by atoms with Gasteiger partial charge in [-0.1, -0.05) is 68.4 Å². The number of nitrogens with zero attached hydrogens (tertiary/aromatic N) is 1. The summed E-state index contributed by atoms with van der Waals surface area (Å²) in [6.45, 7) is 10.2. The van der Waals surface area contributed by atoms with Crippen molar-refractivity contribution in [2.45, 2.75) is 78.0 Å². The van der Waals surface area contributed by atoms with Crippen LogP contribution in [0.2, 0.25) is 0 Å². The first-order chi connectivity index (χ1) is 18.5. The van der Waals surface area contributed by atoms with Gasteiger partial charge in [0, 0.05) is 24.9 Å². The monoisotopic (exact) mass is 529 g/mol. The van der Waals surface area contributed by atoms with Crippen LogP contribution in [0.3, 0.4) is 0 Å². The molecule has 0 fully saturated rings. The minimum absolute atomic E-state index is 0.0338. The van der Waals surface area contributed by atoms with Gasteiger partial charge in [-0.25, -0.2) is 0 Å². The maximum atomic E-state index is 13.3. The fourth-order valence-corrected chi connectivity index (χ4v) is 5.13. The highest BCUT2D eigenvalue weighted by Crippen LogP contribution is 2.38. The third-order valence-electron chi connectivity index (χ3n) is 7.00. The van der Waals surface area contributed by atoms with Crippen molar-refractivity contribution in [1.29, 1.82) is 0 Å². The predicted molar refractivity (Wildman–Crippen MR) is 152 cm³/mol. The van der Waals surface area contributed by atoms with Crippen LogP contribution in [-0.4, -0.2) is 40.1 Å². The Morgan fingerprint density at radius 1 is 1.00 bits per heavy atom. The van der Waals surface area contributed by atoms with E-state index in [4.69, 9.17) is 9.47 Å². The molecular formula is C33H39NO5. The zero-order chi connectivity index (χ0) is 28.2. The van der Waals surface area contributed by atoms with Gasteiger partial charge in [-0.15, -0.1) is 0 Å². The third-order valence-corrected chi connectivity index (χ3v) is 7.00. The van der Waals surface area contributed by atoms with E-state index in [1.165, 1.54) is 16.0 Å². The molecule has 206 valence electrons. The lowest BCUT2D eigenvalue weighted by Gasteiger charge is -2.24. The summed E-state index contributed by atoms with van der Waals surface area (Å²) >= 11 is 0. The van der Waals surface area contributed by atoms with Gasteiger partial charge in [-0.3, -0.25) is 9.59 Å². The molecule has 3 aromatic carbocycles. The zero-order valence-corrected chi connectivity index (χ0v) is 23.6. The summed E-state index contributed by atoms with van der Waals surface area (Å²) in [5.74, 6) is 0.698. The molecule has 1 unspecified atom stereocenters. The molecule has 39 heavy (non-hydrogen) atoms. The topological polar surface area (TPSA) is 76.1 Å². The standard InChI is InChI=1S/C33H39NO5/c1-22(2)26-13-10-24(11-14-26)18-33(5)19-28-16-25(12-15-30(28)39-33)17-31(35)34(21-32(36)37)20-27-8-6-7-9-29(27)38-23(3)4/h6-16,22-23H,17-21H2,1-5H3,(H,36,37). The number of aliphatic carboxylic acids is 1. The molecule has 6 heteroatoms. The third kappa shape index (κ3) is 7.41. The van der Waals surface area contributed by atoms with Gasteiger partial charge >= 0.3 is 5.97 Å². The smallest absolute Gasteiger partial charge is 0.323 e. The Morgan fingerprint density at radius 3 is 2.36 bits per heavy atom. The molecule has 4 rings (SSSR count). The molecule has 0 bridgehead atoms. The van der Waals surface area contributed by atoms with Gasteiger partial charge in [0.2, 0.25) is 5.91 Å². The highest BCUT2D eigenvalue weighted by Gasteiger charge is 2.35. The van der Waals surface area contributed by atoms with E-state index in [0.717, 1.165) is 35.3 Å². The lowest BCUT2D eigenvalue weighted by Crippen LogP contribution is -2.36. The molecule has 0 saturated heterocycles. The minimum Gasteiger partial charge on any atom is -0.491 e. The number of hydrogen-bond donors (Lipinski definition) is 1. The molecule has 1 N–H and O–H groups in total. The number of amides is 1. The van der Waals surface area contributed by atoms with E-state index in [1.54, 1.807) is 0 Å². The van der Waals surface area contributed by atoms with Crippen LogP contribution in [-0.2, 0) is 35.4 Å². The number of hydrogen-bond acceptors (Lipinski definition) is 4. The van der Waals surface area contributed by atoms with Gasteiger partial charge in [-0.2, -0.15) is 0 Å². The van der Waals surface area contributed by atoms with Crippen molar-refractivity contribution in [3.05, 3.63) is 94.5 Å². The Morgan fingerprint density at radius 2 is 1.69 bits per heavy atom. The molecule has 0 spiro atoms. The molecule has 0 aromatic heterocycles. The molecule has 1 heterocycles. The summed E-state index contributed by atoms with van der Waals surface area (Å²) in [4.78, 5) is 26.3. The van der Waals surface area contributed by atoms with E-state index < -0.39 is 5.97 Å². The second kappa shape index (κ2) is 11.9. The van der Waals surface area contributed by atoms with Crippen LogP contribution in [0.1, 0.15) is 68.4 Å². The SMILES string of the molecule is CC(C)Oc1ccccc1CN(CC(=O)O)C(=O)Cc1ccc2c(c1)CC(C)(Cc1ccc(C(C)C)cc1)O2. The molecule has 1 aliphatic rings. The Bertz CT molecular complexity index is 1310. The maximum absolute atomic E-state index is 13.3. The molecule has 1 atom stereocenters. The van der Waals surface area contributed by atoms with Crippen molar-refractivity contribution >= 4 is 11.9 Å². The van der Waals surface area contributed by atoms with Crippen molar-refractivity contribution in [3.8, 4) is 11.5 Å². The average Bonchev–Trinajstić information content (AvgIpc) is 3.19. The number of carboxylic acid groups (broad SMARTS) is 1. The van der Waals surface area contributed by atoms with E-state index in [9.17, 15) is 14.7 Å². The lowest BCUT2D eigenvalue weighted by molar-refractivity contribution is -0.144. The number of para-hydroxylation sites is 1. The lowest BCUT2D eigenvalue weighted by atomic mass is 9.90. The molecule has 0 saturated carbocycles. The molecular weight excluding hydrogens is 490 g/mol. The first-order valence-electron chi connectivity index (χ1n) is 13.6. The Balaban J connectivity index is 1.45. The first kappa shape index (κ1) is 28.2. The number of carboxylic acids is 1. The summed E-state index contributed by atoms with van der Waals surface area (Å²) in [5.41, 5.74) is 4.88. The van der Waals surface area contributed by atoms with Crippen LogP contribution in [0.15, 0.2) is 66.7 Å². The van der Waals surface area contributed by atoms with Crippen molar-refractivity contribution in [1.82, 2.24) is 4.90 Å². The van der Waals surface area contributed by atoms with E-state index in [2.05, 4.69) is 45.0 Å². The summed E-state index contributed by atoms with van der Waals surface area (Å²) in [6, 6.07) is 22.0. The predicted octanol–water partition coefficient (Wildman–Crippen LogP) is 6.19. The summed E-state index contributed by atoms with van der Waals surface area (Å²) < 4.78 is 12.3. The molecule has 0 aliphatic carbocycles. The number of carbonyl (C=O) groups is 2. The normalized spacial score (nSPS) is 16.2. The van der Waals surface area contributed by atoms with Crippen LogP contribution in [0.25, 0.3) is 0 Å². The summed E-state index contributed by atoms with van der Waals surface area (Å²) in [5, 5.41) is 9.50. The number of benzene rings is 3. The van der Waals surface area contributed by atoms with E-state index in [1.807, 2.05) is 56.3 Å². The molecule has 0 radical (unpaired) electrons. The van der Waals surface area contributed by atoms with Crippen molar-refractivity contribution in [2.75, 3.05) is 6.54 Å². The number of ether oxygens (including phenoxy) is 2. The number of rotatable bonds is 11. The van der Waals surface area contributed by atoms with E-state index in [-0.39, 0.29) is 37.1 Å². The zero-order valence-electron chi connectivity index (χ0n) is 23.6. The second-order valence-corrected chi connectivity index (χ2v) is 11.3. The summed E-state index contributed by atoms with van der Waals surface area (Å²) in [6.07, 6.45) is 1.61. The van der Waals surface area contributed by atoms with Gasteiger partial charge in [0.15, 0.2) is 0 Å². The number of fused-ring (bicyclic) bond motifs is 1. The van der Waals surface area contributed by atoms with Gasteiger partial charge in [0.05, 0.1) is 12.5 Å². The van der Waals surface area contributed by atoms with Gasteiger partial charge in [-0.05, 0) is 61.1 Å². The maximum Gasteiger partial charge on any atom is 0.323 e. The largest absolute Gasteiger partial charge is 0.491 e.